The van der Waals surface area contributed by atoms with Crippen molar-refractivity contribution in [2.24, 2.45) is 0 Å². The van der Waals surface area contributed by atoms with Crippen LogP contribution in [0.4, 0.5) is 13.2 Å². The van der Waals surface area contributed by atoms with E-state index in [9.17, 15) is 23.6 Å². The van der Waals surface area contributed by atoms with Gasteiger partial charge in [0.05, 0.1) is 11.1 Å². The number of rotatable bonds is 2. The number of halogens is 3. The molecule has 124 valence electrons. The standard InChI is InChI=1S/C17H13F3N2O2/c1-11-15(12-5-3-2-4-6-12)22(24)16(21(11)23)13-7-9-14(10-8-13)17(18,19)20/h2-10,24H,1H3. The van der Waals surface area contributed by atoms with Gasteiger partial charge in [-0.2, -0.15) is 13.2 Å². The Morgan fingerprint density at radius 1 is 0.958 bits per heavy atom. The van der Waals surface area contributed by atoms with Gasteiger partial charge in [-0.15, -0.1) is 0 Å². The van der Waals surface area contributed by atoms with E-state index in [-0.39, 0.29) is 17.1 Å². The normalized spacial score (nSPS) is 11.7. The molecule has 0 spiro atoms. The Bertz CT molecular complexity index is 870. The first kappa shape index (κ1) is 15.9. The third-order valence-corrected chi connectivity index (χ3v) is 3.77. The quantitative estimate of drug-likeness (QED) is 0.437. The summed E-state index contributed by atoms with van der Waals surface area (Å²) in [6.45, 7) is 1.54. The average molecular weight is 334 g/mol. The molecular formula is C17H13F3N2O2. The van der Waals surface area contributed by atoms with Gasteiger partial charge in [0, 0.05) is 12.5 Å². The molecule has 0 bridgehead atoms. The van der Waals surface area contributed by atoms with Gasteiger partial charge < -0.3 is 10.4 Å². The molecule has 0 atom stereocenters. The van der Waals surface area contributed by atoms with Gasteiger partial charge in [0.1, 0.15) is 0 Å². The molecule has 0 saturated heterocycles. The van der Waals surface area contributed by atoms with E-state index in [1.807, 2.05) is 0 Å². The van der Waals surface area contributed by atoms with Gasteiger partial charge in [0.25, 0.3) is 0 Å². The predicted molar refractivity (Wildman–Crippen MR) is 81.2 cm³/mol. The maximum Gasteiger partial charge on any atom is 0.416 e. The molecule has 1 aromatic heterocycles. The SMILES string of the molecule is Cc1c(-c2ccccc2)n(O)c(-c2ccc(C(F)(F)F)cc2)[n+]1[O-]. The Morgan fingerprint density at radius 2 is 1.54 bits per heavy atom. The number of alkyl halides is 3. The van der Waals surface area contributed by atoms with E-state index in [4.69, 9.17) is 0 Å². The zero-order chi connectivity index (χ0) is 17.5. The van der Waals surface area contributed by atoms with Crippen LogP contribution in [0.2, 0.25) is 0 Å². The molecule has 2 aromatic carbocycles. The first-order chi connectivity index (χ1) is 11.3. The monoisotopic (exact) mass is 334 g/mol. The fraction of sp³-hybridized carbons (Fsp3) is 0.118. The van der Waals surface area contributed by atoms with Crippen molar-refractivity contribution in [2.75, 3.05) is 0 Å². The minimum absolute atomic E-state index is 0.139. The van der Waals surface area contributed by atoms with E-state index in [0.717, 1.165) is 24.3 Å². The Kier molecular flexibility index (Phi) is 3.71. The van der Waals surface area contributed by atoms with E-state index in [1.165, 1.54) is 6.92 Å². The molecule has 0 aliphatic rings. The van der Waals surface area contributed by atoms with Gasteiger partial charge >= 0.3 is 12.0 Å². The summed E-state index contributed by atoms with van der Waals surface area (Å²) >= 11 is 0. The van der Waals surface area contributed by atoms with Crippen LogP contribution in [0, 0.1) is 12.1 Å². The molecule has 0 aliphatic heterocycles. The zero-order valence-corrected chi connectivity index (χ0v) is 12.6. The van der Waals surface area contributed by atoms with Gasteiger partial charge in [-0.3, -0.25) is 0 Å². The lowest BCUT2D eigenvalue weighted by atomic mass is 10.1. The van der Waals surface area contributed by atoms with Crippen LogP contribution in [0.25, 0.3) is 22.6 Å². The summed E-state index contributed by atoms with van der Waals surface area (Å²) in [6.07, 6.45) is -4.46. The number of aromatic nitrogens is 2. The number of benzene rings is 2. The largest absolute Gasteiger partial charge is 0.710 e. The van der Waals surface area contributed by atoms with Crippen molar-refractivity contribution in [3.8, 4) is 22.6 Å². The number of hydrogen-bond donors (Lipinski definition) is 1. The van der Waals surface area contributed by atoms with Crippen molar-refractivity contribution in [3.05, 3.63) is 71.1 Å². The number of hydrogen-bond acceptors (Lipinski definition) is 2. The topological polar surface area (TPSA) is 52.1 Å². The van der Waals surface area contributed by atoms with E-state index in [1.54, 1.807) is 30.3 Å². The second kappa shape index (κ2) is 5.59. The van der Waals surface area contributed by atoms with Gasteiger partial charge in [0.15, 0.2) is 5.69 Å². The predicted octanol–water partition coefficient (Wildman–Crippen LogP) is 4.02. The summed E-state index contributed by atoms with van der Waals surface area (Å²) in [4.78, 5) is 0. The lowest BCUT2D eigenvalue weighted by Crippen LogP contribution is -2.30. The van der Waals surface area contributed by atoms with Gasteiger partial charge in [-0.05, 0) is 29.0 Å². The summed E-state index contributed by atoms with van der Waals surface area (Å²) in [7, 11) is 0. The molecule has 7 heteroatoms. The van der Waals surface area contributed by atoms with E-state index in [2.05, 4.69) is 0 Å². The van der Waals surface area contributed by atoms with Gasteiger partial charge in [0.2, 0.25) is 5.69 Å². The Morgan fingerprint density at radius 3 is 2.08 bits per heavy atom. The average Bonchev–Trinajstić information content (AvgIpc) is 2.77. The maximum absolute atomic E-state index is 12.6. The Balaban J connectivity index is 2.13. The molecule has 3 rings (SSSR count). The number of imidazole rings is 1. The van der Waals surface area contributed by atoms with Crippen molar-refractivity contribution in [1.82, 2.24) is 4.73 Å². The molecule has 0 aliphatic carbocycles. The molecule has 0 fully saturated rings. The van der Waals surface area contributed by atoms with Crippen molar-refractivity contribution in [1.29, 1.82) is 0 Å². The van der Waals surface area contributed by atoms with Crippen LogP contribution in [-0.2, 0) is 6.18 Å². The van der Waals surface area contributed by atoms with Crippen LogP contribution in [0.5, 0.6) is 0 Å². The third kappa shape index (κ3) is 2.58. The van der Waals surface area contributed by atoms with Crippen molar-refractivity contribution in [2.45, 2.75) is 13.1 Å². The Labute approximate surface area is 135 Å². The van der Waals surface area contributed by atoms with Crippen LogP contribution in [0.15, 0.2) is 54.6 Å². The fourth-order valence-electron chi connectivity index (χ4n) is 2.58. The van der Waals surface area contributed by atoms with E-state index in [0.29, 0.717) is 20.7 Å². The van der Waals surface area contributed by atoms with Gasteiger partial charge in [-0.1, -0.05) is 30.3 Å². The third-order valence-electron chi connectivity index (χ3n) is 3.77. The molecule has 0 saturated carbocycles. The molecule has 4 nitrogen and oxygen atoms in total. The molecular weight excluding hydrogens is 321 g/mol. The summed E-state index contributed by atoms with van der Waals surface area (Å²) in [5.41, 5.74) is 0.532. The summed E-state index contributed by atoms with van der Waals surface area (Å²) in [6, 6.07) is 12.8. The van der Waals surface area contributed by atoms with Crippen LogP contribution in [0.3, 0.4) is 0 Å². The first-order valence-corrected chi connectivity index (χ1v) is 7.08. The minimum Gasteiger partial charge on any atom is -0.710 e. The highest BCUT2D eigenvalue weighted by molar-refractivity contribution is 5.65. The van der Waals surface area contributed by atoms with E-state index >= 15 is 0 Å². The smallest absolute Gasteiger partial charge is 0.416 e. The maximum atomic E-state index is 12.6. The lowest BCUT2D eigenvalue weighted by Gasteiger charge is -2.07. The molecule has 1 heterocycles. The lowest BCUT2D eigenvalue weighted by molar-refractivity contribution is -0.600. The second-order valence-electron chi connectivity index (χ2n) is 5.30. The second-order valence-corrected chi connectivity index (χ2v) is 5.30. The number of nitrogens with zero attached hydrogens (tertiary/aromatic N) is 2. The van der Waals surface area contributed by atoms with Gasteiger partial charge in [-0.25, -0.2) is 4.73 Å². The molecule has 24 heavy (non-hydrogen) atoms. The van der Waals surface area contributed by atoms with Crippen LogP contribution in [-0.4, -0.2) is 9.94 Å². The zero-order valence-electron chi connectivity index (χ0n) is 12.6. The van der Waals surface area contributed by atoms with E-state index < -0.39 is 11.7 Å². The molecule has 3 aromatic rings. The fourth-order valence-corrected chi connectivity index (χ4v) is 2.58. The van der Waals surface area contributed by atoms with Crippen molar-refractivity contribution < 1.29 is 23.1 Å². The highest BCUT2D eigenvalue weighted by Crippen LogP contribution is 2.32. The van der Waals surface area contributed by atoms with Crippen LogP contribution < -0.4 is 4.73 Å². The molecule has 1 N–H and O–H groups in total. The van der Waals surface area contributed by atoms with Crippen molar-refractivity contribution >= 4 is 0 Å². The molecule has 0 amide bonds. The summed E-state index contributed by atoms with van der Waals surface area (Å²) in [5, 5.41) is 22.8. The van der Waals surface area contributed by atoms with Crippen LogP contribution >= 0.6 is 0 Å². The summed E-state index contributed by atoms with van der Waals surface area (Å²) in [5.74, 6) is -0.139. The highest BCUT2D eigenvalue weighted by Gasteiger charge is 2.32. The van der Waals surface area contributed by atoms with Crippen LogP contribution in [0.1, 0.15) is 11.3 Å². The first-order valence-electron chi connectivity index (χ1n) is 7.08. The molecule has 0 unspecified atom stereocenters. The molecule has 0 radical (unpaired) electrons. The highest BCUT2D eigenvalue weighted by atomic mass is 19.4. The van der Waals surface area contributed by atoms with Crippen molar-refractivity contribution in [3.63, 3.8) is 0 Å². The Hall–Kier alpha value is -2.96. The summed E-state index contributed by atoms with van der Waals surface area (Å²) < 4.78 is 39.2. The minimum atomic E-state index is -4.46.